The molecule has 1 saturated heterocycles. The van der Waals surface area contributed by atoms with E-state index < -0.39 is 9.85 Å². The van der Waals surface area contributed by atoms with Crippen LogP contribution in [0.25, 0.3) is 0 Å². The van der Waals surface area contributed by atoms with Crippen LogP contribution in [0.15, 0.2) is 30.6 Å². The second kappa shape index (κ2) is 7.27. The monoisotopic (exact) mass is 359 g/mol. The zero-order chi connectivity index (χ0) is 18.7. The van der Waals surface area contributed by atoms with Crippen molar-refractivity contribution >= 4 is 28.7 Å². The number of rotatable bonds is 5. The van der Waals surface area contributed by atoms with Gasteiger partial charge >= 0.3 is 5.69 Å². The largest absolute Gasteiger partial charge is 0.353 e. The van der Waals surface area contributed by atoms with E-state index in [1.165, 1.54) is 24.5 Å². The highest BCUT2D eigenvalue weighted by atomic mass is 16.6. The summed E-state index contributed by atoms with van der Waals surface area (Å²) in [4.78, 5) is 33.5. The first kappa shape index (κ1) is 17.5. The summed E-state index contributed by atoms with van der Waals surface area (Å²) in [5, 5.41) is 25.4. The Bertz CT molecular complexity index is 836. The smallest absolute Gasteiger partial charge is 0.348 e. The highest BCUT2D eigenvalue weighted by molar-refractivity contribution is 5.75. The average Bonchev–Trinajstić information content (AvgIpc) is 2.62. The van der Waals surface area contributed by atoms with E-state index >= 15 is 0 Å². The van der Waals surface area contributed by atoms with Gasteiger partial charge in [-0.25, -0.2) is 9.97 Å². The van der Waals surface area contributed by atoms with E-state index in [4.69, 9.17) is 0 Å². The molecule has 0 saturated carbocycles. The van der Waals surface area contributed by atoms with Crippen LogP contribution in [0.3, 0.4) is 0 Å². The molecule has 1 aliphatic rings. The Hall–Kier alpha value is -3.34. The number of benzene rings is 1. The SMILES string of the molecule is CN1CCN(c2ncnc(Nc3cccc([N+](=O)[O-])c3)c2[N+](=O)[O-])CC1. The van der Waals surface area contributed by atoms with Crippen molar-refractivity contribution in [3.8, 4) is 0 Å². The summed E-state index contributed by atoms with van der Waals surface area (Å²) in [6.07, 6.45) is 1.25. The third-order valence-corrected chi connectivity index (χ3v) is 4.11. The lowest BCUT2D eigenvalue weighted by molar-refractivity contribution is -0.384. The normalized spacial score (nSPS) is 14.9. The second-order valence-corrected chi connectivity index (χ2v) is 5.87. The number of anilines is 3. The van der Waals surface area contributed by atoms with Crippen LogP contribution in [-0.2, 0) is 0 Å². The van der Waals surface area contributed by atoms with Gasteiger partial charge in [-0.2, -0.15) is 0 Å². The maximum Gasteiger partial charge on any atom is 0.353 e. The Morgan fingerprint density at radius 1 is 1.08 bits per heavy atom. The Balaban J connectivity index is 1.94. The van der Waals surface area contributed by atoms with Crippen LogP contribution in [0.2, 0.25) is 0 Å². The molecule has 11 nitrogen and oxygen atoms in total. The molecule has 0 unspecified atom stereocenters. The molecule has 0 radical (unpaired) electrons. The number of nitrogens with one attached hydrogen (secondary N) is 1. The molecule has 0 bridgehead atoms. The van der Waals surface area contributed by atoms with Crippen LogP contribution in [0.4, 0.5) is 28.7 Å². The molecule has 1 aromatic heterocycles. The minimum absolute atomic E-state index is 0.000531. The summed E-state index contributed by atoms with van der Waals surface area (Å²) >= 11 is 0. The number of nitro benzene ring substituents is 1. The fraction of sp³-hybridized carbons (Fsp3) is 0.333. The summed E-state index contributed by atoms with van der Waals surface area (Å²) in [5.74, 6) is 0.241. The third kappa shape index (κ3) is 3.67. The summed E-state index contributed by atoms with van der Waals surface area (Å²) in [7, 11) is 1.99. The van der Waals surface area contributed by atoms with Crippen molar-refractivity contribution in [3.63, 3.8) is 0 Å². The molecular weight excluding hydrogens is 342 g/mol. The number of piperazine rings is 1. The van der Waals surface area contributed by atoms with Gasteiger partial charge in [0.25, 0.3) is 5.69 Å². The zero-order valence-corrected chi connectivity index (χ0v) is 14.0. The van der Waals surface area contributed by atoms with Gasteiger partial charge < -0.3 is 15.1 Å². The maximum atomic E-state index is 11.7. The van der Waals surface area contributed by atoms with Crippen LogP contribution >= 0.6 is 0 Å². The van der Waals surface area contributed by atoms with Gasteiger partial charge in [0.05, 0.1) is 9.85 Å². The minimum Gasteiger partial charge on any atom is -0.348 e. The number of non-ortho nitro benzene ring substituents is 1. The van der Waals surface area contributed by atoms with Crippen LogP contribution in [0.1, 0.15) is 0 Å². The second-order valence-electron chi connectivity index (χ2n) is 5.87. The summed E-state index contributed by atoms with van der Waals surface area (Å²) < 4.78 is 0. The van der Waals surface area contributed by atoms with E-state index in [1.807, 2.05) is 11.9 Å². The summed E-state index contributed by atoms with van der Waals surface area (Å²) in [5.41, 5.74) is -0.0279. The standard InChI is InChI=1S/C15H17N7O4/c1-19-5-7-20(8-6-19)15-13(22(25)26)14(16-10-17-15)18-11-3-2-4-12(9-11)21(23)24/h2-4,9-10H,5-8H2,1H3,(H,16,17,18). The first-order valence-electron chi connectivity index (χ1n) is 7.90. The van der Waals surface area contributed by atoms with Gasteiger partial charge in [0.15, 0.2) is 0 Å². The quantitative estimate of drug-likeness (QED) is 0.627. The van der Waals surface area contributed by atoms with Crippen LogP contribution in [-0.4, -0.2) is 57.9 Å². The fourth-order valence-electron chi connectivity index (χ4n) is 2.71. The van der Waals surface area contributed by atoms with Gasteiger partial charge in [-0.3, -0.25) is 20.2 Å². The molecule has 1 aliphatic heterocycles. The zero-order valence-electron chi connectivity index (χ0n) is 14.0. The number of likely N-dealkylation sites (N-methyl/N-ethyl adjacent to an activating group) is 1. The molecule has 26 heavy (non-hydrogen) atoms. The molecule has 136 valence electrons. The molecule has 0 aliphatic carbocycles. The first-order valence-corrected chi connectivity index (χ1v) is 7.90. The molecular formula is C15H17N7O4. The highest BCUT2D eigenvalue weighted by Crippen LogP contribution is 2.34. The molecule has 1 aromatic carbocycles. The van der Waals surface area contributed by atoms with E-state index in [-0.39, 0.29) is 23.0 Å². The topological polar surface area (TPSA) is 131 Å². The lowest BCUT2D eigenvalue weighted by Gasteiger charge is -2.32. The van der Waals surface area contributed by atoms with Crippen molar-refractivity contribution in [1.29, 1.82) is 0 Å². The van der Waals surface area contributed by atoms with Crippen molar-refractivity contribution in [2.75, 3.05) is 43.4 Å². The van der Waals surface area contributed by atoms with E-state index in [0.29, 0.717) is 18.8 Å². The molecule has 1 N–H and O–H groups in total. The van der Waals surface area contributed by atoms with Crippen LogP contribution in [0, 0.1) is 20.2 Å². The van der Waals surface area contributed by atoms with Gasteiger partial charge in [0, 0.05) is 44.0 Å². The Morgan fingerprint density at radius 3 is 2.46 bits per heavy atom. The third-order valence-electron chi connectivity index (χ3n) is 4.11. The Kier molecular flexibility index (Phi) is 4.89. The molecule has 2 aromatic rings. The van der Waals surface area contributed by atoms with Crippen molar-refractivity contribution < 1.29 is 9.85 Å². The number of aromatic nitrogens is 2. The number of nitrogens with zero attached hydrogens (tertiary/aromatic N) is 6. The van der Waals surface area contributed by atoms with Gasteiger partial charge in [0.2, 0.25) is 11.6 Å². The van der Waals surface area contributed by atoms with Gasteiger partial charge in [-0.15, -0.1) is 0 Å². The predicted octanol–water partition coefficient (Wildman–Crippen LogP) is 1.79. The molecule has 11 heteroatoms. The van der Waals surface area contributed by atoms with E-state index in [9.17, 15) is 20.2 Å². The Labute approximate surface area is 148 Å². The van der Waals surface area contributed by atoms with Gasteiger partial charge in [-0.05, 0) is 13.1 Å². The molecule has 1 fully saturated rings. The molecule has 0 atom stereocenters. The number of hydrogen-bond acceptors (Lipinski definition) is 9. The lowest BCUT2D eigenvalue weighted by atomic mass is 10.2. The highest BCUT2D eigenvalue weighted by Gasteiger charge is 2.28. The van der Waals surface area contributed by atoms with E-state index in [1.54, 1.807) is 6.07 Å². The summed E-state index contributed by atoms with van der Waals surface area (Å²) in [6, 6.07) is 5.71. The Morgan fingerprint density at radius 2 is 1.81 bits per heavy atom. The lowest BCUT2D eigenvalue weighted by Crippen LogP contribution is -2.45. The molecule has 0 spiro atoms. The predicted molar refractivity (Wildman–Crippen MR) is 94.8 cm³/mol. The van der Waals surface area contributed by atoms with Gasteiger partial charge in [-0.1, -0.05) is 6.07 Å². The van der Waals surface area contributed by atoms with E-state index in [2.05, 4.69) is 20.2 Å². The van der Waals surface area contributed by atoms with Crippen molar-refractivity contribution in [2.24, 2.45) is 0 Å². The fourth-order valence-corrected chi connectivity index (χ4v) is 2.71. The van der Waals surface area contributed by atoms with Crippen molar-refractivity contribution in [1.82, 2.24) is 14.9 Å². The number of hydrogen-bond donors (Lipinski definition) is 1. The summed E-state index contributed by atoms with van der Waals surface area (Å²) in [6.45, 7) is 2.78. The van der Waals surface area contributed by atoms with E-state index in [0.717, 1.165) is 13.1 Å². The molecule has 0 amide bonds. The van der Waals surface area contributed by atoms with Crippen molar-refractivity contribution in [2.45, 2.75) is 0 Å². The average molecular weight is 359 g/mol. The first-order chi connectivity index (χ1) is 12.5. The number of nitro groups is 2. The van der Waals surface area contributed by atoms with Crippen molar-refractivity contribution in [3.05, 3.63) is 50.8 Å². The maximum absolute atomic E-state index is 11.7. The van der Waals surface area contributed by atoms with Crippen LogP contribution < -0.4 is 10.2 Å². The molecule has 3 rings (SSSR count). The minimum atomic E-state index is -0.534. The van der Waals surface area contributed by atoms with Crippen LogP contribution in [0.5, 0.6) is 0 Å². The van der Waals surface area contributed by atoms with Gasteiger partial charge in [0.1, 0.15) is 6.33 Å². The molecule has 2 heterocycles.